The van der Waals surface area contributed by atoms with E-state index in [0.29, 0.717) is 17.8 Å². The lowest BCUT2D eigenvalue weighted by Gasteiger charge is -2.11. The van der Waals surface area contributed by atoms with Gasteiger partial charge in [0.2, 0.25) is 11.9 Å². The van der Waals surface area contributed by atoms with Crippen LogP contribution in [-0.2, 0) is 30.4 Å². The Morgan fingerprint density at radius 2 is 1.35 bits per heavy atom. The molecule has 0 amide bonds. The van der Waals surface area contributed by atoms with E-state index in [-0.39, 0.29) is 35.9 Å². The van der Waals surface area contributed by atoms with Crippen molar-refractivity contribution in [3.63, 3.8) is 0 Å². The second-order valence-corrected chi connectivity index (χ2v) is 13.1. The monoisotopic (exact) mass is 656 g/mol. The molecule has 0 aliphatic rings. The van der Waals surface area contributed by atoms with E-state index < -0.39 is 61.9 Å². The van der Waals surface area contributed by atoms with E-state index in [1.54, 1.807) is 6.92 Å². The van der Waals surface area contributed by atoms with Crippen molar-refractivity contribution in [3.8, 4) is 0 Å². The van der Waals surface area contributed by atoms with Gasteiger partial charge in [-0.1, -0.05) is 0 Å². The molecule has 0 saturated heterocycles. The fourth-order valence-electron chi connectivity index (χ4n) is 3.58. The van der Waals surface area contributed by atoms with Gasteiger partial charge in [-0.15, -0.1) is 0 Å². The summed E-state index contributed by atoms with van der Waals surface area (Å²) in [4.78, 5) is 8.00. The predicted octanol–water partition coefficient (Wildman–Crippen LogP) is 2.82. The Balaban J connectivity index is 1.68. The van der Waals surface area contributed by atoms with Crippen LogP contribution in [0.2, 0.25) is 0 Å². The normalized spacial score (nSPS) is 13.3. The van der Waals surface area contributed by atoms with Crippen molar-refractivity contribution in [1.82, 2.24) is 15.0 Å². The zero-order valence-corrected chi connectivity index (χ0v) is 24.1. The highest BCUT2D eigenvalue weighted by molar-refractivity contribution is 7.87. The van der Waals surface area contributed by atoms with Crippen LogP contribution < -0.4 is 16.4 Å². The minimum absolute atomic E-state index is 0.0382. The maximum atomic E-state index is 13.8. The van der Waals surface area contributed by atoms with Crippen LogP contribution in [0, 0.1) is 6.08 Å². The molecule has 3 aromatic carbocycles. The fourth-order valence-corrected chi connectivity index (χ4v) is 5.63. The van der Waals surface area contributed by atoms with Gasteiger partial charge >= 0.3 is 6.08 Å². The van der Waals surface area contributed by atoms with Crippen molar-refractivity contribution in [2.75, 3.05) is 17.2 Å². The summed E-state index contributed by atoms with van der Waals surface area (Å²) in [6, 6.07) is 8.35. The molecule has 4 aromatic rings. The molecule has 1 heterocycles. The number of fused-ring (bicyclic) bond motifs is 1. The molecule has 1 unspecified atom stereocenters. The average molecular weight is 657 g/mol. The molecule has 0 bridgehead atoms. The first-order chi connectivity index (χ1) is 19.9. The van der Waals surface area contributed by atoms with E-state index >= 15 is 0 Å². The predicted molar refractivity (Wildman–Crippen MR) is 149 cm³/mol. The van der Waals surface area contributed by atoms with E-state index in [1.807, 2.05) is 0 Å². The van der Waals surface area contributed by atoms with Crippen molar-refractivity contribution >= 4 is 70.1 Å². The summed E-state index contributed by atoms with van der Waals surface area (Å²) in [5.41, 5.74) is 5.92. The molecule has 1 atom stereocenters. The third-order valence-electron chi connectivity index (χ3n) is 5.40. The highest BCUT2D eigenvalue weighted by Crippen LogP contribution is 2.36. The summed E-state index contributed by atoms with van der Waals surface area (Å²) in [5, 5.41) is 12.1. The first-order valence-electron chi connectivity index (χ1n) is 11.6. The summed E-state index contributed by atoms with van der Waals surface area (Å²) < 4.78 is 114. The van der Waals surface area contributed by atoms with Crippen molar-refractivity contribution in [2.24, 2.45) is 16.0 Å². The Bertz CT molecular complexity index is 2080. The van der Waals surface area contributed by atoms with Crippen LogP contribution in [0.5, 0.6) is 0 Å². The fraction of sp³-hybridized carbons (Fsp3) is 0.136. The van der Waals surface area contributed by atoms with Gasteiger partial charge in [0.15, 0.2) is 0 Å². The number of rotatable bonds is 10. The van der Waals surface area contributed by atoms with Gasteiger partial charge in [0.25, 0.3) is 30.4 Å². The van der Waals surface area contributed by atoms with Gasteiger partial charge in [-0.05, 0) is 55.5 Å². The number of azo groups is 1. The lowest BCUT2D eigenvalue weighted by atomic mass is 10.1. The third kappa shape index (κ3) is 7.98. The molecule has 0 aliphatic carbocycles. The third-order valence-corrected chi connectivity index (χ3v) is 8.02. The topological polar surface area (TPSA) is 277 Å². The molecule has 0 spiro atoms. The smallest absolute Gasteiger partial charge is 0.315 e. The van der Waals surface area contributed by atoms with Gasteiger partial charge in [0.05, 0.1) is 16.3 Å². The average Bonchev–Trinajstić information content (AvgIpc) is 2.88. The lowest BCUT2D eigenvalue weighted by molar-refractivity contribution is 0.478. The zero-order chi connectivity index (χ0) is 31.7. The molecule has 228 valence electrons. The number of nitrogens with two attached hydrogens (primary N) is 1. The van der Waals surface area contributed by atoms with Crippen LogP contribution in [0.15, 0.2) is 73.4 Å². The molecular formula is C22H21FN8O9S3. The van der Waals surface area contributed by atoms with Crippen LogP contribution in [0.3, 0.4) is 0 Å². The maximum Gasteiger partial charge on any atom is 0.315 e. The molecule has 0 saturated carbocycles. The quantitative estimate of drug-likeness (QED) is 0.106. The Kier molecular flexibility index (Phi) is 8.69. The van der Waals surface area contributed by atoms with E-state index in [4.69, 9.17) is 5.73 Å². The molecule has 1 aromatic heterocycles. The number of hydrogen-bond acceptors (Lipinski definition) is 14. The highest BCUT2D eigenvalue weighted by atomic mass is 32.2. The SMILES string of the molecule is CC(N)CNc1nc(F)nc(Nc2ccc(N=Nc3cc(S(=O)(=O)O)c4cc(S(=O)(=O)O)cc(S(=O)(=O)O)c4c3)cc2)n1. The van der Waals surface area contributed by atoms with Crippen LogP contribution in [-0.4, -0.2) is 66.5 Å². The Hall–Kier alpha value is -4.25. The first-order valence-corrected chi connectivity index (χ1v) is 16.0. The Labute approximate surface area is 243 Å². The first kappa shape index (κ1) is 31.7. The van der Waals surface area contributed by atoms with Crippen molar-refractivity contribution in [3.05, 3.63) is 54.6 Å². The maximum absolute atomic E-state index is 13.8. The Morgan fingerprint density at radius 3 is 1.93 bits per heavy atom. The van der Waals surface area contributed by atoms with Gasteiger partial charge in [-0.2, -0.15) is 54.8 Å². The molecule has 0 aliphatic heterocycles. The van der Waals surface area contributed by atoms with E-state index in [2.05, 4.69) is 35.8 Å². The van der Waals surface area contributed by atoms with Gasteiger partial charge in [-0.25, -0.2) is 0 Å². The summed E-state index contributed by atoms with van der Waals surface area (Å²) in [6.45, 7) is 2.02. The molecule has 0 fully saturated rings. The molecule has 0 radical (unpaired) electrons. The summed E-state index contributed by atoms with van der Waals surface area (Å²) in [5.74, 6) is -0.154. The van der Waals surface area contributed by atoms with Crippen molar-refractivity contribution in [2.45, 2.75) is 27.7 Å². The van der Waals surface area contributed by atoms with Crippen LogP contribution in [0.25, 0.3) is 10.8 Å². The molecule has 17 nitrogen and oxygen atoms in total. The molecule has 43 heavy (non-hydrogen) atoms. The molecular weight excluding hydrogens is 635 g/mol. The number of hydrogen-bond donors (Lipinski definition) is 6. The lowest BCUT2D eigenvalue weighted by Crippen LogP contribution is -2.26. The number of nitrogens with zero attached hydrogens (tertiary/aromatic N) is 5. The van der Waals surface area contributed by atoms with Gasteiger partial charge in [-0.3, -0.25) is 13.7 Å². The largest absolute Gasteiger partial charge is 0.352 e. The second kappa shape index (κ2) is 11.8. The van der Waals surface area contributed by atoms with E-state index in [9.17, 15) is 43.3 Å². The molecule has 21 heteroatoms. The van der Waals surface area contributed by atoms with Crippen molar-refractivity contribution in [1.29, 1.82) is 0 Å². The standard InChI is InChI=1S/C22H21FN8O9S3/c1-11(24)10-25-21-27-20(23)28-22(29-21)26-12-2-4-13(5-3-12)30-31-14-6-16-17(18(7-14)42(35,36)37)8-15(41(32,33)34)9-19(16)43(38,39)40/h2-9,11H,10,24H2,1H3,(H,32,33,34)(H,35,36,37)(H,38,39,40)(H2,25,26,27,28,29). The minimum Gasteiger partial charge on any atom is -0.352 e. The summed E-state index contributed by atoms with van der Waals surface area (Å²) in [7, 11) is -15.4. The number of benzene rings is 3. The number of aromatic nitrogens is 3. The van der Waals surface area contributed by atoms with E-state index in [1.165, 1.54) is 24.3 Å². The highest BCUT2D eigenvalue weighted by Gasteiger charge is 2.25. The zero-order valence-electron chi connectivity index (χ0n) is 21.6. The van der Waals surface area contributed by atoms with E-state index in [0.717, 1.165) is 12.1 Å². The second-order valence-electron chi connectivity index (χ2n) is 8.87. The van der Waals surface area contributed by atoms with Crippen LogP contribution in [0.4, 0.5) is 33.3 Å². The summed E-state index contributed by atoms with van der Waals surface area (Å²) >= 11 is 0. The number of halogens is 1. The van der Waals surface area contributed by atoms with Crippen molar-refractivity contribution < 1.29 is 43.3 Å². The van der Waals surface area contributed by atoms with Gasteiger partial charge in [0, 0.05) is 29.0 Å². The van der Waals surface area contributed by atoms with Gasteiger partial charge in [0.1, 0.15) is 9.79 Å². The Morgan fingerprint density at radius 1 is 0.791 bits per heavy atom. The van der Waals surface area contributed by atoms with Gasteiger partial charge < -0.3 is 16.4 Å². The minimum atomic E-state index is -5.18. The molecule has 7 N–H and O–H groups in total. The number of nitrogens with one attached hydrogen (secondary N) is 2. The van der Waals surface area contributed by atoms with Crippen LogP contribution >= 0.6 is 0 Å². The number of anilines is 3. The van der Waals surface area contributed by atoms with Crippen LogP contribution in [0.1, 0.15) is 6.92 Å². The molecule has 4 rings (SSSR count). The summed E-state index contributed by atoms with van der Waals surface area (Å²) in [6.07, 6.45) is -1.04.